The summed E-state index contributed by atoms with van der Waals surface area (Å²) in [7, 11) is -4.00. The molecule has 1 unspecified atom stereocenters. The fourth-order valence-corrected chi connectivity index (χ4v) is 3.71. The van der Waals surface area contributed by atoms with Crippen LogP contribution in [0.25, 0.3) is 0 Å². The molecule has 112 valence electrons. The van der Waals surface area contributed by atoms with E-state index in [4.69, 9.17) is 33.4 Å². The van der Waals surface area contributed by atoms with Crippen molar-refractivity contribution in [3.8, 4) is 0 Å². The van der Waals surface area contributed by atoms with E-state index in [9.17, 15) is 13.2 Å². The Morgan fingerprint density at radius 3 is 2.50 bits per heavy atom. The standard InChI is InChI=1S/C11H13Cl2NO5S/c1-6(4-5-15)14-20(18,19)8-3-2-7(12)9(10(8)13)11(16)17/h2-3,6,14-15H,4-5H2,1H3,(H,16,17). The van der Waals surface area contributed by atoms with Crippen LogP contribution in [0.4, 0.5) is 0 Å². The normalized spacial score (nSPS) is 13.2. The summed E-state index contributed by atoms with van der Waals surface area (Å²) in [4.78, 5) is 10.7. The van der Waals surface area contributed by atoms with Gasteiger partial charge in [0.1, 0.15) is 4.90 Å². The van der Waals surface area contributed by atoms with E-state index >= 15 is 0 Å². The molecule has 6 nitrogen and oxygen atoms in total. The highest BCUT2D eigenvalue weighted by Gasteiger charge is 2.25. The Kier molecular flexibility index (Phi) is 5.79. The van der Waals surface area contributed by atoms with Gasteiger partial charge in [-0.1, -0.05) is 23.2 Å². The first-order valence-corrected chi connectivity index (χ1v) is 7.79. The molecule has 0 aliphatic heterocycles. The second-order valence-electron chi connectivity index (χ2n) is 4.07. The quantitative estimate of drug-likeness (QED) is 0.731. The van der Waals surface area contributed by atoms with Gasteiger partial charge in [-0.2, -0.15) is 0 Å². The van der Waals surface area contributed by atoms with Gasteiger partial charge in [0.25, 0.3) is 0 Å². The van der Waals surface area contributed by atoms with Crippen LogP contribution in [0.5, 0.6) is 0 Å². The number of aliphatic hydroxyl groups excluding tert-OH is 1. The van der Waals surface area contributed by atoms with Crippen LogP contribution in [0.1, 0.15) is 23.7 Å². The Labute approximate surface area is 126 Å². The predicted octanol–water partition coefficient (Wildman–Crippen LogP) is 1.74. The minimum Gasteiger partial charge on any atom is -0.478 e. The number of carboxylic acids is 1. The minimum absolute atomic E-state index is 0.148. The Hall–Kier alpha value is -0.860. The average Bonchev–Trinajstić information content (AvgIpc) is 2.27. The Morgan fingerprint density at radius 2 is 2.00 bits per heavy atom. The largest absolute Gasteiger partial charge is 0.478 e. The summed E-state index contributed by atoms with van der Waals surface area (Å²) in [5, 5.41) is 17.1. The number of sulfonamides is 1. The Bertz CT molecular complexity index is 617. The molecule has 0 aromatic heterocycles. The van der Waals surface area contributed by atoms with Crippen molar-refractivity contribution in [3.05, 3.63) is 27.7 Å². The van der Waals surface area contributed by atoms with Crippen LogP contribution in [0.3, 0.4) is 0 Å². The predicted molar refractivity (Wildman–Crippen MR) is 74.9 cm³/mol. The lowest BCUT2D eigenvalue weighted by atomic mass is 10.2. The fourth-order valence-electron chi connectivity index (χ4n) is 1.52. The molecule has 0 bridgehead atoms. The molecule has 20 heavy (non-hydrogen) atoms. The van der Waals surface area contributed by atoms with Gasteiger partial charge in [0, 0.05) is 12.6 Å². The molecule has 0 fully saturated rings. The third kappa shape index (κ3) is 3.83. The summed E-state index contributed by atoms with van der Waals surface area (Å²) >= 11 is 11.5. The van der Waals surface area contributed by atoms with E-state index in [0.29, 0.717) is 0 Å². The van der Waals surface area contributed by atoms with Crippen molar-refractivity contribution in [1.82, 2.24) is 4.72 Å². The molecular formula is C11H13Cl2NO5S. The van der Waals surface area contributed by atoms with Crippen molar-refractivity contribution in [1.29, 1.82) is 0 Å². The molecule has 0 aliphatic rings. The number of hydrogen-bond donors (Lipinski definition) is 3. The van der Waals surface area contributed by atoms with Crippen LogP contribution in [0.15, 0.2) is 17.0 Å². The van der Waals surface area contributed by atoms with E-state index in [0.717, 1.165) is 12.1 Å². The van der Waals surface area contributed by atoms with E-state index in [1.54, 1.807) is 6.92 Å². The summed E-state index contributed by atoms with van der Waals surface area (Å²) < 4.78 is 26.5. The summed E-state index contributed by atoms with van der Waals surface area (Å²) in [6.45, 7) is 1.38. The first kappa shape index (κ1) is 17.2. The molecule has 0 amide bonds. The molecule has 0 radical (unpaired) electrons. The molecule has 9 heteroatoms. The number of aliphatic hydroxyl groups is 1. The van der Waals surface area contributed by atoms with Crippen molar-refractivity contribution in [3.63, 3.8) is 0 Å². The number of aromatic carboxylic acids is 1. The van der Waals surface area contributed by atoms with E-state index in [1.165, 1.54) is 0 Å². The second kappa shape index (κ2) is 6.73. The minimum atomic E-state index is -4.00. The van der Waals surface area contributed by atoms with E-state index in [2.05, 4.69) is 4.72 Å². The van der Waals surface area contributed by atoms with Crippen molar-refractivity contribution in [2.45, 2.75) is 24.3 Å². The fraction of sp³-hybridized carbons (Fsp3) is 0.364. The molecule has 1 aromatic carbocycles. The van der Waals surface area contributed by atoms with E-state index in [1.807, 2.05) is 0 Å². The lowest BCUT2D eigenvalue weighted by Gasteiger charge is -2.15. The third-order valence-corrected chi connectivity index (χ3v) is 4.93. The Morgan fingerprint density at radius 1 is 1.40 bits per heavy atom. The van der Waals surface area contributed by atoms with Crippen LogP contribution in [0, 0.1) is 0 Å². The van der Waals surface area contributed by atoms with Crippen LogP contribution in [-0.2, 0) is 10.0 Å². The lowest BCUT2D eigenvalue weighted by molar-refractivity contribution is 0.0697. The first-order chi connectivity index (χ1) is 9.20. The van der Waals surface area contributed by atoms with Gasteiger partial charge in [-0.25, -0.2) is 17.9 Å². The summed E-state index contributed by atoms with van der Waals surface area (Å²) in [6, 6.07) is 1.76. The number of benzene rings is 1. The maximum absolute atomic E-state index is 12.1. The maximum Gasteiger partial charge on any atom is 0.338 e. The van der Waals surface area contributed by atoms with Gasteiger partial charge in [0.15, 0.2) is 0 Å². The van der Waals surface area contributed by atoms with Crippen molar-refractivity contribution >= 4 is 39.2 Å². The summed E-state index contributed by atoms with van der Waals surface area (Å²) in [5.74, 6) is -1.42. The second-order valence-corrected chi connectivity index (χ2v) is 6.54. The third-order valence-electron chi connectivity index (χ3n) is 2.48. The molecule has 0 saturated heterocycles. The van der Waals surface area contributed by atoms with Crippen molar-refractivity contribution in [2.75, 3.05) is 6.61 Å². The summed E-state index contributed by atoms with van der Waals surface area (Å²) in [5.41, 5.74) is -0.467. The smallest absolute Gasteiger partial charge is 0.338 e. The molecule has 0 aliphatic carbocycles. The molecule has 3 N–H and O–H groups in total. The van der Waals surface area contributed by atoms with Gasteiger partial charge < -0.3 is 10.2 Å². The Balaban J connectivity index is 3.26. The number of rotatable bonds is 6. The van der Waals surface area contributed by atoms with Gasteiger partial charge in [-0.3, -0.25) is 0 Å². The van der Waals surface area contributed by atoms with Crippen LogP contribution in [-0.4, -0.2) is 37.2 Å². The number of carboxylic acid groups (broad SMARTS) is 1. The maximum atomic E-state index is 12.1. The number of carbonyl (C=O) groups is 1. The SMILES string of the molecule is CC(CCO)NS(=O)(=O)c1ccc(Cl)c(C(=O)O)c1Cl. The molecule has 1 atom stereocenters. The van der Waals surface area contributed by atoms with Crippen LogP contribution >= 0.6 is 23.2 Å². The van der Waals surface area contributed by atoms with Gasteiger partial charge in [-0.15, -0.1) is 0 Å². The molecule has 0 saturated carbocycles. The molecule has 0 spiro atoms. The van der Waals surface area contributed by atoms with E-state index < -0.39 is 32.6 Å². The molecule has 0 heterocycles. The zero-order valence-corrected chi connectivity index (χ0v) is 12.8. The van der Waals surface area contributed by atoms with E-state index in [-0.39, 0.29) is 22.9 Å². The number of hydrogen-bond acceptors (Lipinski definition) is 4. The highest BCUT2D eigenvalue weighted by molar-refractivity contribution is 7.89. The van der Waals surface area contributed by atoms with Gasteiger partial charge in [0.05, 0.1) is 15.6 Å². The monoisotopic (exact) mass is 341 g/mol. The zero-order chi connectivity index (χ0) is 15.5. The van der Waals surface area contributed by atoms with Crippen molar-refractivity contribution in [2.24, 2.45) is 0 Å². The molecule has 1 rings (SSSR count). The highest BCUT2D eigenvalue weighted by Crippen LogP contribution is 2.31. The highest BCUT2D eigenvalue weighted by atomic mass is 35.5. The van der Waals surface area contributed by atoms with Gasteiger partial charge >= 0.3 is 5.97 Å². The number of halogens is 2. The topological polar surface area (TPSA) is 104 Å². The zero-order valence-electron chi connectivity index (χ0n) is 10.4. The molecule has 1 aromatic rings. The van der Waals surface area contributed by atoms with Crippen LogP contribution in [0.2, 0.25) is 10.0 Å². The lowest BCUT2D eigenvalue weighted by Crippen LogP contribution is -2.33. The first-order valence-electron chi connectivity index (χ1n) is 5.55. The van der Waals surface area contributed by atoms with Crippen molar-refractivity contribution < 1.29 is 23.4 Å². The number of nitrogens with one attached hydrogen (secondary N) is 1. The van der Waals surface area contributed by atoms with Gasteiger partial charge in [-0.05, 0) is 25.5 Å². The van der Waals surface area contributed by atoms with Crippen LogP contribution < -0.4 is 4.72 Å². The molecular weight excluding hydrogens is 329 g/mol. The average molecular weight is 342 g/mol. The summed E-state index contributed by atoms with van der Waals surface area (Å²) in [6.07, 6.45) is 0.218. The van der Waals surface area contributed by atoms with Gasteiger partial charge in [0.2, 0.25) is 10.0 Å².